The molecular formula is C28H28F2N6O3. The molecule has 9 nitrogen and oxygen atoms in total. The van der Waals surface area contributed by atoms with Crippen molar-refractivity contribution in [3.63, 3.8) is 0 Å². The number of H-pyrrole nitrogens is 2. The lowest BCUT2D eigenvalue weighted by Gasteiger charge is -2.36. The highest BCUT2D eigenvalue weighted by molar-refractivity contribution is 6.00. The van der Waals surface area contributed by atoms with Crippen LogP contribution in [0.1, 0.15) is 47.8 Å². The lowest BCUT2D eigenvalue weighted by atomic mass is 10.0. The van der Waals surface area contributed by atoms with Crippen LogP contribution in [0.4, 0.5) is 8.78 Å². The molecule has 3 amide bonds. The minimum absolute atomic E-state index is 0.113. The summed E-state index contributed by atoms with van der Waals surface area (Å²) in [5, 5.41) is 3.18. The van der Waals surface area contributed by atoms with E-state index in [1.807, 2.05) is 38.1 Å². The lowest BCUT2D eigenvalue weighted by Crippen LogP contribution is -2.56. The first-order chi connectivity index (χ1) is 18.7. The van der Waals surface area contributed by atoms with Gasteiger partial charge in [-0.05, 0) is 43.0 Å². The minimum atomic E-state index is -1.01. The summed E-state index contributed by atoms with van der Waals surface area (Å²) in [6, 6.07) is 9.84. The number of aromatic nitrogens is 3. The normalized spacial score (nSPS) is 19.4. The number of amides is 3. The third-order valence-electron chi connectivity index (χ3n) is 7.59. The van der Waals surface area contributed by atoms with Crippen LogP contribution in [0.3, 0.4) is 0 Å². The van der Waals surface area contributed by atoms with E-state index in [1.54, 1.807) is 9.80 Å². The van der Waals surface area contributed by atoms with Gasteiger partial charge in [-0.15, -0.1) is 0 Å². The molecule has 2 aliphatic heterocycles. The first-order valence-corrected chi connectivity index (χ1v) is 13.0. The van der Waals surface area contributed by atoms with Gasteiger partial charge in [0.25, 0.3) is 11.8 Å². The molecule has 0 spiro atoms. The number of halogens is 2. The van der Waals surface area contributed by atoms with E-state index < -0.39 is 23.6 Å². The second-order valence-corrected chi connectivity index (χ2v) is 10.8. The maximum absolute atomic E-state index is 13.6. The molecule has 4 aromatic rings. The van der Waals surface area contributed by atoms with Crippen molar-refractivity contribution in [1.29, 1.82) is 0 Å². The van der Waals surface area contributed by atoms with Gasteiger partial charge in [0.1, 0.15) is 11.7 Å². The number of likely N-dealkylation sites (tertiary alicyclic amines) is 2. The summed E-state index contributed by atoms with van der Waals surface area (Å²) in [5.41, 5.74) is 1.91. The minimum Gasteiger partial charge on any atom is -0.350 e. The van der Waals surface area contributed by atoms with E-state index in [-0.39, 0.29) is 46.9 Å². The predicted molar refractivity (Wildman–Crippen MR) is 140 cm³/mol. The van der Waals surface area contributed by atoms with Crippen molar-refractivity contribution < 1.29 is 23.2 Å². The van der Waals surface area contributed by atoms with Gasteiger partial charge in [-0.3, -0.25) is 14.4 Å². The number of hydrogen-bond acceptors (Lipinski definition) is 4. The van der Waals surface area contributed by atoms with Crippen molar-refractivity contribution in [3.8, 4) is 0 Å². The van der Waals surface area contributed by atoms with Crippen LogP contribution in [-0.4, -0.2) is 73.7 Å². The Hall–Kier alpha value is -4.28. The van der Waals surface area contributed by atoms with Gasteiger partial charge in [-0.1, -0.05) is 26.0 Å². The molecule has 2 saturated heterocycles. The molecule has 0 radical (unpaired) electrons. The van der Waals surface area contributed by atoms with E-state index in [2.05, 4.69) is 20.3 Å². The zero-order valence-electron chi connectivity index (χ0n) is 21.5. The van der Waals surface area contributed by atoms with Gasteiger partial charge in [0.05, 0.1) is 23.1 Å². The fraction of sp³-hybridized carbons (Fsp3) is 0.357. The van der Waals surface area contributed by atoms with Gasteiger partial charge < -0.3 is 25.1 Å². The van der Waals surface area contributed by atoms with Crippen LogP contribution in [-0.2, 0) is 4.79 Å². The molecule has 6 rings (SSSR count). The second-order valence-electron chi connectivity index (χ2n) is 10.8. The van der Waals surface area contributed by atoms with Crippen LogP contribution in [0.15, 0.2) is 42.5 Å². The Bertz CT molecular complexity index is 1540. The lowest BCUT2D eigenvalue weighted by molar-refractivity contribution is -0.135. The number of fused-ring (bicyclic) bond motifs is 4. The number of rotatable bonds is 6. The van der Waals surface area contributed by atoms with E-state index in [9.17, 15) is 23.2 Å². The number of benzene rings is 2. The number of imidazole rings is 1. The van der Waals surface area contributed by atoms with Crippen LogP contribution >= 0.6 is 0 Å². The number of nitrogens with one attached hydrogen (secondary N) is 3. The summed E-state index contributed by atoms with van der Waals surface area (Å²) in [6.45, 7) is 4.70. The molecule has 3 atom stereocenters. The number of para-hydroxylation sites is 2. The highest BCUT2D eigenvalue weighted by Crippen LogP contribution is 2.33. The average Bonchev–Trinajstić information content (AvgIpc) is 3.69. The number of nitrogens with zero attached hydrogens (tertiary/aromatic N) is 3. The highest BCUT2D eigenvalue weighted by Gasteiger charge is 2.49. The molecule has 202 valence electrons. The molecule has 1 unspecified atom stereocenters. The Kier molecular flexibility index (Phi) is 6.08. The summed E-state index contributed by atoms with van der Waals surface area (Å²) < 4.78 is 27.2. The SMILES string of the molecule is CC(C)C[C@H](NC(=O)c1cc2cc(F)c(F)cc2[nH]1)C(=O)N1C[C@@H]2CC1CN2C(=O)c1nc2ccccc2[nH]1. The molecule has 2 aromatic heterocycles. The van der Waals surface area contributed by atoms with Crippen molar-refractivity contribution in [3.05, 3.63) is 65.6 Å². The number of aromatic amines is 2. The van der Waals surface area contributed by atoms with E-state index >= 15 is 0 Å². The third-order valence-corrected chi connectivity index (χ3v) is 7.59. The summed E-state index contributed by atoms with van der Waals surface area (Å²) in [5.74, 6) is -2.53. The summed E-state index contributed by atoms with van der Waals surface area (Å²) in [7, 11) is 0. The van der Waals surface area contributed by atoms with Gasteiger partial charge in [0.15, 0.2) is 17.5 Å². The summed E-state index contributed by atoms with van der Waals surface area (Å²) >= 11 is 0. The van der Waals surface area contributed by atoms with Crippen molar-refractivity contribution >= 4 is 39.7 Å². The van der Waals surface area contributed by atoms with E-state index in [1.165, 1.54) is 6.07 Å². The maximum Gasteiger partial charge on any atom is 0.290 e. The molecule has 2 fully saturated rings. The Morgan fingerprint density at radius 2 is 1.72 bits per heavy atom. The third kappa shape index (κ3) is 4.51. The topological polar surface area (TPSA) is 114 Å². The fourth-order valence-electron chi connectivity index (χ4n) is 5.75. The van der Waals surface area contributed by atoms with Gasteiger partial charge in [0, 0.05) is 30.1 Å². The van der Waals surface area contributed by atoms with Crippen LogP contribution in [0.25, 0.3) is 21.9 Å². The summed E-state index contributed by atoms with van der Waals surface area (Å²) in [4.78, 5) is 53.7. The van der Waals surface area contributed by atoms with Crippen molar-refractivity contribution in [2.24, 2.45) is 5.92 Å². The number of hydrogen-bond donors (Lipinski definition) is 3. The van der Waals surface area contributed by atoms with Crippen molar-refractivity contribution in [2.75, 3.05) is 13.1 Å². The quantitative estimate of drug-likeness (QED) is 0.351. The monoisotopic (exact) mass is 534 g/mol. The van der Waals surface area contributed by atoms with Crippen molar-refractivity contribution in [1.82, 2.24) is 30.1 Å². The van der Waals surface area contributed by atoms with Crippen LogP contribution in [0.5, 0.6) is 0 Å². The molecule has 2 bridgehead atoms. The number of carbonyl (C=O) groups excluding carboxylic acids is 3. The van der Waals surface area contributed by atoms with Gasteiger partial charge in [-0.25, -0.2) is 13.8 Å². The smallest absolute Gasteiger partial charge is 0.290 e. The van der Waals surface area contributed by atoms with Crippen molar-refractivity contribution in [2.45, 2.75) is 44.8 Å². The van der Waals surface area contributed by atoms with Gasteiger partial charge in [0.2, 0.25) is 5.91 Å². The number of carbonyl (C=O) groups is 3. The van der Waals surface area contributed by atoms with E-state index in [0.29, 0.717) is 31.3 Å². The zero-order valence-corrected chi connectivity index (χ0v) is 21.5. The largest absolute Gasteiger partial charge is 0.350 e. The Morgan fingerprint density at radius 3 is 2.44 bits per heavy atom. The zero-order chi connectivity index (χ0) is 27.4. The molecule has 39 heavy (non-hydrogen) atoms. The average molecular weight is 535 g/mol. The van der Waals surface area contributed by atoms with E-state index in [0.717, 1.165) is 23.2 Å². The predicted octanol–water partition coefficient (Wildman–Crippen LogP) is 3.59. The van der Waals surface area contributed by atoms with Crippen LogP contribution in [0.2, 0.25) is 0 Å². The van der Waals surface area contributed by atoms with Crippen LogP contribution in [0, 0.1) is 17.6 Å². The molecule has 2 aliphatic rings. The second kappa shape index (κ2) is 9.48. The fourth-order valence-corrected chi connectivity index (χ4v) is 5.75. The van der Waals surface area contributed by atoms with Gasteiger partial charge >= 0.3 is 0 Å². The van der Waals surface area contributed by atoms with Gasteiger partial charge in [-0.2, -0.15) is 0 Å². The molecule has 4 heterocycles. The van der Waals surface area contributed by atoms with Crippen LogP contribution < -0.4 is 5.32 Å². The number of piperazine rings is 1. The van der Waals surface area contributed by atoms with E-state index in [4.69, 9.17) is 0 Å². The summed E-state index contributed by atoms with van der Waals surface area (Å²) in [6.07, 6.45) is 1.09. The molecule has 2 aromatic carbocycles. The molecule has 0 aliphatic carbocycles. The molecule has 11 heteroatoms. The first-order valence-electron chi connectivity index (χ1n) is 13.0. The maximum atomic E-state index is 13.6. The Balaban J connectivity index is 1.15. The first kappa shape index (κ1) is 25.0. The Morgan fingerprint density at radius 1 is 1.00 bits per heavy atom. The molecular weight excluding hydrogens is 506 g/mol. The molecule has 3 N–H and O–H groups in total. The molecule has 0 saturated carbocycles. The highest BCUT2D eigenvalue weighted by atomic mass is 19.2. The Labute approximate surface area is 222 Å². The standard InChI is InChI=1S/C28H28F2N6O3/c1-14(2)7-24(34-26(37)23-9-15-8-18(29)19(30)11-22(15)31-23)27(38)35-12-17-10-16(35)13-36(17)28(39)25-32-20-5-3-4-6-21(20)33-25/h3-6,8-9,11,14,16-17,24,31H,7,10,12-13H2,1-2H3,(H,32,33)(H,34,37)/t16?,17-,24-/m0/s1.